The lowest BCUT2D eigenvalue weighted by molar-refractivity contribution is -0.133. The molecule has 1 fully saturated rings. The van der Waals surface area contributed by atoms with E-state index in [4.69, 9.17) is 0 Å². The number of rotatable bonds is 6. The molecule has 0 atom stereocenters. The Hall–Kier alpha value is -1.50. The Morgan fingerprint density at radius 3 is 2.30 bits per heavy atom. The Morgan fingerprint density at radius 2 is 1.78 bits per heavy atom. The van der Waals surface area contributed by atoms with Crippen LogP contribution in [0.4, 0.5) is 8.78 Å². The number of sulfone groups is 1. The summed E-state index contributed by atoms with van der Waals surface area (Å²) < 4.78 is 50.2. The summed E-state index contributed by atoms with van der Waals surface area (Å²) in [7, 11) is -3.26. The summed E-state index contributed by atoms with van der Waals surface area (Å²) in [5.41, 5.74) is -0.146. The molecule has 128 valence electrons. The molecule has 0 aliphatic heterocycles. The van der Waals surface area contributed by atoms with Crippen LogP contribution in [-0.2, 0) is 21.2 Å². The highest BCUT2D eigenvalue weighted by Crippen LogP contribution is 2.27. The van der Waals surface area contributed by atoms with Gasteiger partial charge in [0.25, 0.3) is 0 Å². The van der Waals surface area contributed by atoms with Gasteiger partial charge in [0.05, 0.1) is 12.3 Å². The van der Waals surface area contributed by atoms with Crippen LogP contribution in [0.3, 0.4) is 0 Å². The fourth-order valence-electron chi connectivity index (χ4n) is 2.91. The number of amides is 1. The van der Waals surface area contributed by atoms with Gasteiger partial charge in [0.2, 0.25) is 5.91 Å². The third kappa shape index (κ3) is 4.99. The molecule has 0 aromatic heterocycles. The maximum absolute atomic E-state index is 13.9. The summed E-state index contributed by atoms with van der Waals surface area (Å²) in [6, 6.07) is 3.51. The van der Waals surface area contributed by atoms with Crippen LogP contribution in [0.15, 0.2) is 18.2 Å². The maximum Gasteiger partial charge on any atom is 0.224 e. The molecular formula is C16H21F2NO3S. The van der Waals surface area contributed by atoms with Crippen molar-refractivity contribution in [2.75, 3.05) is 12.0 Å². The standard InChI is InChI=1S/C16H21F2NO3S/c1-23(21,22)10-9-16(20)19(12-5-2-3-6-12)11-13-14(17)7-4-8-15(13)18/h4,7-8,12H,2-3,5-6,9-11H2,1H3. The second-order valence-electron chi connectivity index (χ2n) is 6.04. The molecule has 0 spiro atoms. The summed E-state index contributed by atoms with van der Waals surface area (Å²) in [5, 5.41) is 0. The normalized spacial score (nSPS) is 15.8. The van der Waals surface area contributed by atoms with Gasteiger partial charge in [-0.05, 0) is 25.0 Å². The van der Waals surface area contributed by atoms with Crippen molar-refractivity contribution in [3.8, 4) is 0 Å². The summed E-state index contributed by atoms with van der Waals surface area (Å²) in [6.07, 6.45) is 4.38. The molecule has 4 nitrogen and oxygen atoms in total. The van der Waals surface area contributed by atoms with Crippen LogP contribution in [0.25, 0.3) is 0 Å². The van der Waals surface area contributed by atoms with Crippen molar-refractivity contribution in [3.05, 3.63) is 35.4 Å². The first-order valence-corrected chi connectivity index (χ1v) is 9.74. The van der Waals surface area contributed by atoms with Crippen molar-refractivity contribution < 1.29 is 22.0 Å². The molecule has 0 radical (unpaired) electrons. The molecule has 23 heavy (non-hydrogen) atoms. The maximum atomic E-state index is 13.9. The predicted molar refractivity (Wildman–Crippen MR) is 83.5 cm³/mol. The van der Waals surface area contributed by atoms with E-state index in [2.05, 4.69) is 0 Å². The van der Waals surface area contributed by atoms with Gasteiger partial charge in [-0.25, -0.2) is 17.2 Å². The molecule has 2 rings (SSSR count). The molecule has 1 aromatic rings. The Labute approximate surface area is 135 Å². The molecule has 1 aromatic carbocycles. The fraction of sp³-hybridized carbons (Fsp3) is 0.562. The third-order valence-corrected chi connectivity index (χ3v) is 5.11. The average molecular weight is 345 g/mol. The van der Waals surface area contributed by atoms with E-state index in [0.717, 1.165) is 44.1 Å². The van der Waals surface area contributed by atoms with Gasteiger partial charge >= 0.3 is 0 Å². The van der Waals surface area contributed by atoms with Crippen LogP contribution in [0, 0.1) is 11.6 Å². The number of carbonyl (C=O) groups is 1. The lowest BCUT2D eigenvalue weighted by Gasteiger charge is -2.29. The molecular weight excluding hydrogens is 324 g/mol. The first-order chi connectivity index (χ1) is 10.8. The van der Waals surface area contributed by atoms with Crippen LogP contribution in [0.2, 0.25) is 0 Å². The molecule has 1 saturated carbocycles. The number of hydrogen-bond acceptors (Lipinski definition) is 3. The quantitative estimate of drug-likeness (QED) is 0.796. The van der Waals surface area contributed by atoms with Gasteiger partial charge in [0.15, 0.2) is 0 Å². The van der Waals surface area contributed by atoms with Crippen LogP contribution in [-0.4, -0.2) is 37.3 Å². The van der Waals surface area contributed by atoms with Gasteiger partial charge < -0.3 is 4.90 Å². The molecule has 0 N–H and O–H groups in total. The first-order valence-electron chi connectivity index (χ1n) is 7.68. The van der Waals surface area contributed by atoms with Crippen LogP contribution in [0.5, 0.6) is 0 Å². The van der Waals surface area contributed by atoms with E-state index in [1.54, 1.807) is 0 Å². The van der Waals surface area contributed by atoms with Crippen molar-refractivity contribution in [2.45, 2.75) is 44.7 Å². The van der Waals surface area contributed by atoms with Crippen molar-refractivity contribution in [1.82, 2.24) is 4.90 Å². The summed E-state index contributed by atoms with van der Waals surface area (Å²) in [5.74, 6) is -2.01. The average Bonchev–Trinajstić information content (AvgIpc) is 2.98. The molecule has 0 unspecified atom stereocenters. The molecule has 1 aliphatic rings. The summed E-state index contributed by atoms with van der Waals surface area (Å²) >= 11 is 0. The lowest BCUT2D eigenvalue weighted by Crippen LogP contribution is -2.39. The topological polar surface area (TPSA) is 54.5 Å². The Kier molecular flexibility index (Phi) is 5.73. The van der Waals surface area contributed by atoms with E-state index < -0.39 is 21.5 Å². The van der Waals surface area contributed by atoms with E-state index in [1.165, 1.54) is 11.0 Å². The van der Waals surface area contributed by atoms with Crippen molar-refractivity contribution in [1.29, 1.82) is 0 Å². The predicted octanol–water partition coefficient (Wildman–Crippen LogP) is 2.67. The van der Waals surface area contributed by atoms with Gasteiger partial charge in [-0.1, -0.05) is 18.9 Å². The largest absolute Gasteiger partial charge is 0.335 e. The highest BCUT2D eigenvalue weighted by atomic mass is 32.2. The Bertz CT molecular complexity index is 650. The SMILES string of the molecule is CS(=O)(=O)CCC(=O)N(Cc1c(F)cccc1F)C1CCCC1. The minimum Gasteiger partial charge on any atom is -0.335 e. The second-order valence-corrected chi connectivity index (χ2v) is 8.30. The monoisotopic (exact) mass is 345 g/mol. The number of nitrogens with zero attached hydrogens (tertiary/aromatic N) is 1. The van der Waals surface area contributed by atoms with E-state index in [9.17, 15) is 22.0 Å². The molecule has 0 heterocycles. The van der Waals surface area contributed by atoms with Crippen LogP contribution < -0.4 is 0 Å². The minimum absolute atomic E-state index is 0.0823. The van der Waals surface area contributed by atoms with Crippen molar-refractivity contribution >= 4 is 15.7 Å². The number of benzene rings is 1. The van der Waals surface area contributed by atoms with E-state index in [-0.39, 0.29) is 36.2 Å². The second kappa shape index (κ2) is 7.38. The molecule has 0 bridgehead atoms. The van der Waals surface area contributed by atoms with Gasteiger partial charge in [0, 0.05) is 24.3 Å². The zero-order valence-electron chi connectivity index (χ0n) is 13.1. The summed E-state index contributed by atoms with van der Waals surface area (Å²) in [4.78, 5) is 13.9. The van der Waals surface area contributed by atoms with Crippen LogP contribution >= 0.6 is 0 Å². The first kappa shape index (κ1) is 17.8. The smallest absolute Gasteiger partial charge is 0.224 e. The third-order valence-electron chi connectivity index (χ3n) is 4.16. The number of halogens is 2. The van der Waals surface area contributed by atoms with Gasteiger partial charge in [-0.3, -0.25) is 4.79 Å². The number of carbonyl (C=O) groups excluding carboxylic acids is 1. The lowest BCUT2D eigenvalue weighted by atomic mass is 10.1. The van der Waals surface area contributed by atoms with Gasteiger partial charge in [-0.15, -0.1) is 0 Å². The van der Waals surface area contributed by atoms with E-state index in [0.29, 0.717) is 0 Å². The Balaban J connectivity index is 2.19. The van der Waals surface area contributed by atoms with E-state index >= 15 is 0 Å². The van der Waals surface area contributed by atoms with Crippen molar-refractivity contribution in [3.63, 3.8) is 0 Å². The molecule has 1 amide bonds. The van der Waals surface area contributed by atoms with Gasteiger partial charge in [0.1, 0.15) is 21.5 Å². The fourth-order valence-corrected chi connectivity index (χ4v) is 3.45. The van der Waals surface area contributed by atoms with Crippen LogP contribution in [0.1, 0.15) is 37.7 Å². The summed E-state index contributed by atoms with van der Waals surface area (Å²) in [6.45, 7) is -0.161. The Morgan fingerprint density at radius 1 is 1.22 bits per heavy atom. The highest BCUT2D eigenvalue weighted by Gasteiger charge is 2.28. The molecule has 1 aliphatic carbocycles. The highest BCUT2D eigenvalue weighted by molar-refractivity contribution is 7.90. The molecule has 7 heteroatoms. The zero-order valence-corrected chi connectivity index (χ0v) is 13.9. The van der Waals surface area contributed by atoms with E-state index in [1.807, 2.05) is 0 Å². The number of hydrogen-bond donors (Lipinski definition) is 0. The van der Waals surface area contributed by atoms with Gasteiger partial charge in [-0.2, -0.15) is 0 Å². The zero-order chi connectivity index (χ0) is 17.0. The molecule has 0 saturated heterocycles. The minimum atomic E-state index is -3.26. The van der Waals surface area contributed by atoms with Crippen molar-refractivity contribution in [2.24, 2.45) is 0 Å².